The Balaban J connectivity index is 1.74. The molecule has 3 atom stereocenters. The first-order valence-corrected chi connectivity index (χ1v) is 10.5. The molecular weight excluding hydrogens is 403 g/mol. The SMILES string of the molecule is CC[C@@H](O)[C@H]1COC(=O)N1c1ccnc(N[C@@H](C)c2ccc(OCC(C)C)cc2F)n1. The van der Waals surface area contributed by atoms with Crippen molar-refractivity contribution >= 4 is 17.9 Å². The van der Waals surface area contributed by atoms with E-state index in [-0.39, 0.29) is 12.6 Å². The zero-order valence-electron chi connectivity index (χ0n) is 18.2. The minimum Gasteiger partial charge on any atom is -0.493 e. The number of ether oxygens (including phenoxy) is 2. The molecule has 2 heterocycles. The first-order valence-electron chi connectivity index (χ1n) is 10.5. The van der Waals surface area contributed by atoms with Crippen molar-refractivity contribution in [2.24, 2.45) is 5.92 Å². The van der Waals surface area contributed by atoms with Crippen LogP contribution in [0.15, 0.2) is 30.5 Å². The van der Waals surface area contributed by atoms with Crippen LogP contribution >= 0.6 is 0 Å². The average Bonchev–Trinajstić information content (AvgIpc) is 3.13. The van der Waals surface area contributed by atoms with E-state index in [4.69, 9.17) is 9.47 Å². The number of benzene rings is 1. The number of carbonyl (C=O) groups is 1. The van der Waals surface area contributed by atoms with Gasteiger partial charge in [-0.3, -0.25) is 4.90 Å². The number of cyclic esters (lactones) is 1. The molecule has 1 fully saturated rings. The molecule has 0 spiro atoms. The Bertz CT molecular complexity index is 911. The van der Waals surface area contributed by atoms with Gasteiger partial charge in [0.2, 0.25) is 5.95 Å². The fraction of sp³-hybridized carbons (Fsp3) is 0.500. The normalized spacial score (nSPS) is 18.1. The second-order valence-corrected chi connectivity index (χ2v) is 7.98. The highest BCUT2D eigenvalue weighted by molar-refractivity contribution is 5.89. The second kappa shape index (κ2) is 9.91. The van der Waals surface area contributed by atoms with Gasteiger partial charge in [-0.25, -0.2) is 14.2 Å². The summed E-state index contributed by atoms with van der Waals surface area (Å²) < 4.78 is 25.3. The zero-order valence-corrected chi connectivity index (χ0v) is 18.2. The Morgan fingerprint density at radius 1 is 1.35 bits per heavy atom. The van der Waals surface area contributed by atoms with Crippen molar-refractivity contribution in [2.75, 3.05) is 23.4 Å². The van der Waals surface area contributed by atoms with E-state index in [9.17, 15) is 14.3 Å². The molecule has 1 aliphatic rings. The molecule has 0 bridgehead atoms. The molecule has 2 aromatic rings. The number of nitrogens with one attached hydrogen (secondary N) is 1. The van der Waals surface area contributed by atoms with Crippen molar-refractivity contribution in [3.63, 3.8) is 0 Å². The van der Waals surface area contributed by atoms with E-state index in [0.29, 0.717) is 36.1 Å². The fourth-order valence-electron chi connectivity index (χ4n) is 3.29. The molecule has 9 heteroatoms. The summed E-state index contributed by atoms with van der Waals surface area (Å²) in [6, 6.07) is 5.37. The third kappa shape index (κ3) is 5.41. The van der Waals surface area contributed by atoms with Gasteiger partial charge in [-0.15, -0.1) is 0 Å². The number of aliphatic hydroxyl groups excluding tert-OH is 1. The van der Waals surface area contributed by atoms with Crippen molar-refractivity contribution in [3.05, 3.63) is 41.8 Å². The molecule has 168 valence electrons. The number of aromatic nitrogens is 2. The van der Waals surface area contributed by atoms with Gasteiger partial charge in [0.25, 0.3) is 0 Å². The summed E-state index contributed by atoms with van der Waals surface area (Å²) in [6.07, 6.45) is 0.666. The molecule has 0 aliphatic carbocycles. The molecule has 0 saturated carbocycles. The van der Waals surface area contributed by atoms with Crippen LogP contribution in [0.25, 0.3) is 0 Å². The van der Waals surface area contributed by atoms with Gasteiger partial charge in [-0.05, 0) is 31.4 Å². The smallest absolute Gasteiger partial charge is 0.416 e. The fourth-order valence-corrected chi connectivity index (χ4v) is 3.29. The maximum atomic E-state index is 14.6. The maximum Gasteiger partial charge on any atom is 0.416 e. The number of hydrogen-bond donors (Lipinski definition) is 2. The summed E-state index contributed by atoms with van der Waals surface area (Å²) in [7, 11) is 0. The minimum absolute atomic E-state index is 0.0907. The summed E-state index contributed by atoms with van der Waals surface area (Å²) in [4.78, 5) is 22.1. The van der Waals surface area contributed by atoms with Gasteiger partial charge >= 0.3 is 6.09 Å². The first-order chi connectivity index (χ1) is 14.8. The van der Waals surface area contributed by atoms with E-state index in [0.717, 1.165) is 0 Å². The predicted molar refractivity (Wildman–Crippen MR) is 115 cm³/mol. The Morgan fingerprint density at radius 2 is 2.13 bits per heavy atom. The lowest BCUT2D eigenvalue weighted by molar-refractivity contribution is 0.125. The number of halogens is 1. The van der Waals surface area contributed by atoms with Gasteiger partial charge < -0.3 is 19.9 Å². The van der Waals surface area contributed by atoms with Gasteiger partial charge in [0.05, 0.1) is 18.8 Å². The Hall–Kier alpha value is -2.94. The lowest BCUT2D eigenvalue weighted by Gasteiger charge is -2.24. The van der Waals surface area contributed by atoms with Crippen LogP contribution in [0, 0.1) is 11.7 Å². The molecule has 31 heavy (non-hydrogen) atoms. The number of anilines is 2. The van der Waals surface area contributed by atoms with Gasteiger partial charge in [0.1, 0.15) is 30.0 Å². The number of amides is 1. The van der Waals surface area contributed by atoms with Crippen molar-refractivity contribution < 1.29 is 23.8 Å². The Morgan fingerprint density at radius 3 is 2.81 bits per heavy atom. The Kier molecular flexibility index (Phi) is 7.27. The summed E-state index contributed by atoms with van der Waals surface area (Å²) in [5, 5.41) is 13.3. The summed E-state index contributed by atoms with van der Waals surface area (Å²) >= 11 is 0. The van der Waals surface area contributed by atoms with Crippen LogP contribution in [0.1, 0.15) is 45.7 Å². The van der Waals surface area contributed by atoms with Crippen LogP contribution in [-0.2, 0) is 4.74 Å². The molecule has 2 N–H and O–H groups in total. The quantitative estimate of drug-likeness (QED) is 0.620. The van der Waals surface area contributed by atoms with Crippen molar-refractivity contribution in [3.8, 4) is 5.75 Å². The van der Waals surface area contributed by atoms with Crippen LogP contribution in [0.3, 0.4) is 0 Å². The molecule has 0 radical (unpaired) electrons. The summed E-state index contributed by atoms with van der Waals surface area (Å²) in [5.41, 5.74) is 0.436. The third-order valence-corrected chi connectivity index (χ3v) is 5.02. The zero-order chi connectivity index (χ0) is 22.5. The van der Waals surface area contributed by atoms with Crippen LogP contribution in [0.2, 0.25) is 0 Å². The van der Waals surface area contributed by atoms with Crippen LogP contribution in [0.5, 0.6) is 5.75 Å². The minimum atomic E-state index is -0.734. The first kappa shape index (κ1) is 22.7. The van der Waals surface area contributed by atoms with E-state index in [1.807, 2.05) is 20.8 Å². The van der Waals surface area contributed by atoms with Crippen LogP contribution in [0.4, 0.5) is 21.0 Å². The summed E-state index contributed by atoms with van der Waals surface area (Å²) in [5.74, 6) is 0.968. The number of rotatable bonds is 9. The van der Waals surface area contributed by atoms with Gasteiger partial charge in [0, 0.05) is 17.8 Å². The lowest BCUT2D eigenvalue weighted by atomic mass is 10.1. The topological polar surface area (TPSA) is 96.8 Å². The number of nitrogens with zero attached hydrogens (tertiary/aromatic N) is 3. The molecule has 1 aromatic heterocycles. The molecule has 3 rings (SSSR count). The Labute approximate surface area is 181 Å². The highest BCUT2D eigenvalue weighted by Crippen LogP contribution is 2.27. The average molecular weight is 432 g/mol. The van der Waals surface area contributed by atoms with Crippen molar-refractivity contribution in [1.82, 2.24) is 9.97 Å². The molecule has 0 unspecified atom stereocenters. The van der Waals surface area contributed by atoms with E-state index < -0.39 is 30.1 Å². The van der Waals surface area contributed by atoms with Crippen molar-refractivity contribution in [1.29, 1.82) is 0 Å². The molecule has 8 nitrogen and oxygen atoms in total. The highest BCUT2D eigenvalue weighted by Gasteiger charge is 2.39. The van der Waals surface area contributed by atoms with Crippen molar-refractivity contribution in [2.45, 2.75) is 52.3 Å². The van der Waals surface area contributed by atoms with E-state index in [1.54, 1.807) is 25.1 Å². The van der Waals surface area contributed by atoms with E-state index in [2.05, 4.69) is 15.3 Å². The number of hydrogen-bond acceptors (Lipinski definition) is 7. The molecular formula is C22H29FN4O4. The monoisotopic (exact) mass is 432 g/mol. The van der Waals surface area contributed by atoms with Gasteiger partial charge in [-0.1, -0.05) is 26.8 Å². The molecule has 1 aliphatic heterocycles. The van der Waals surface area contributed by atoms with Gasteiger partial charge in [0.15, 0.2) is 0 Å². The maximum absolute atomic E-state index is 14.6. The molecule has 1 amide bonds. The van der Waals surface area contributed by atoms with Gasteiger partial charge in [-0.2, -0.15) is 4.98 Å². The number of aliphatic hydroxyl groups is 1. The lowest BCUT2D eigenvalue weighted by Crippen LogP contribution is -2.42. The molecule has 1 saturated heterocycles. The second-order valence-electron chi connectivity index (χ2n) is 7.98. The van der Waals surface area contributed by atoms with E-state index >= 15 is 0 Å². The number of carbonyl (C=O) groups excluding carboxylic acids is 1. The highest BCUT2D eigenvalue weighted by atomic mass is 19.1. The third-order valence-electron chi connectivity index (χ3n) is 5.02. The molecule has 1 aromatic carbocycles. The summed E-state index contributed by atoms with van der Waals surface area (Å²) in [6.45, 7) is 8.27. The predicted octanol–water partition coefficient (Wildman–Crippen LogP) is 3.92. The van der Waals surface area contributed by atoms with E-state index in [1.165, 1.54) is 17.2 Å². The largest absolute Gasteiger partial charge is 0.493 e. The van der Waals surface area contributed by atoms with Crippen LogP contribution in [-0.4, -0.2) is 46.5 Å². The standard InChI is InChI=1S/C22H29FN4O4/c1-5-19(28)18-12-31-22(29)27(18)20-8-9-24-21(26-20)25-14(4)16-7-6-15(10-17(16)23)30-11-13(2)3/h6-10,13-14,18-19,28H,5,11-12H2,1-4H3,(H,24,25,26)/t14-,18+,19+/m0/s1. The van der Waals surface area contributed by atoms with Crippen LogP contribution < -0.4 is 15.0 Å².